The van der Waals surface area contributed by atoms with E-state index in [0.717, 1.165) is 43.3 Å². The van der Waals surface area contributed by atoms with E-state index in [2.05, 4.69) is 12.1 Å². The van der Waals surface area contributed by atoms with Crippen molar-refractivity contribution in [2.24, 2.45) is 0 Å². The van der Waals surface area contributed by atoms with Crippen LogP contribution in [-0.2, 0) is 16.1 Å². The molecule has 1 atom stereocenters. The molecule has 2 saturated heterocycles. The van der Waals surface area contributed by atoms with Gasteiger partial charge >= 0.3 is 0 Å². The highest BCUT2D eigenvalue weighted by Gasteiger charge is 2.41. The Morgan fingerprint density at radius 1 is 0.893 bits per heavy atom. The number of imide groups is 1. The van der Waals surface area contributed by atoms with Gasteiger partial charge in [0, 0.05) is 17.0 Å². The minimum Gasteiger partial charge on any atom is -0.322 e. The number of nitrogens with one attached hydrogen (secondary N) is 2. The molecule has 2 aliphatic rings. The van der Waals surface area contributed by atoms with Gasteiger partial charge in [0.15, 0.2) is 6.67 Å². The van der Waals surface area contributed by atoms with Crippen LogP contribution in [0.5, 0.6) is 0 Å². The third-order valence-electron chi connectivity index (χ3n) is 5.86. The Balaban J connectivity index is 1.30. The molecule has 0 unspecified atom stereocenters. The van der Waals surface area contributed by atoms with Gasteiger partial charge in [-0.25, -0.2) is 4.90 Å². The Morgan fingerprint density at radius 3 is 2.21 bits per heavy atom. The number of hydrogen-bond acceptors (Lipinski definition) is 2. The van der Waals surface area contributed by atoms with Crippen molar-refractivity contribution in [3.05, 3.63) is 70.7 Å². The minimum atomic E-state index is -0.315. The summed E-state index contributed by atoms with van der Waals surface area (Å²) in [5.74, 6) is -0.396. The largest absolute Gasteiger partial charge is 0.322 e. The van der Waals surface area contributed by atoms with Crippen LogP contribution in [0.2, 0.25) is 5.02 Å². The summed E-state index contributed by atoms with van der Waals surface area (Å²) < 4.78 is 0. The summed E-state index contributed by atoms with van der Waals surface area (Å²) in [5, 5.41) is 0.766. The van der Waals surface area contributed by atoms with Gasteiger partial charge in [0.2, 0.25) is 11.8 Å². The molecule has 2 aromatic carbocycles. The van der Waals surface area contributed by atoms with E-state index in [-0.39, 0.29) is 17.7 Å². The SMILES string of the molecule is O=C1C[C@@H](c2ccccc2)C(=O)N1C[NH+]1CC[NH+](Cc2ccc(Cl)cc2)CC1. The molecule has 5 nitrogen and oxygen atoms in total. The highest BCUT2D eigenvalue weighted by Crippen LogP contribution is 2.28. The van der Waals surface area contributed by atoms with E-state index in [1.807, 2.05) is 42.5 Å². The van der Waals surface area contributed by atoms with Gasteiger partial charge in [0.25, 0.3) is 0 Å². The Hall–Kier alpha value is -2.21. The summed E-state index contributed by atoms with van der Waals surface area (Å²) in [6.45, 7) is 5.50. The molecule has 0 aromatic heterocycles. The van der Waals surface area contributed by atoms with Crippen LogP contribution in [-0.4, -0.2) is 49.6 Å². The molecule has 0 spiro atoms. The molecule has 146 valence electrons. The normalized spacial score (nSPS) is 25.3. The van der Waals surface area contributed by atoms with Crippen LogP contribution >= 0.6 is 11.6 Å². The Kier molecular flexibility index (Phi) is 5.76. The van der Waals surface area contributed by atoms with E-state index in [9.17, 15) is 9.59 Å². The molecule has 2 N–H and O–H groups in total. The second kappa shape index (κ2) is 8.43. The maximum absolute atomic E-state index is 12.8. The first kappa shape index (κ1) is 19.1. The molecular formula is C22H26ClN3O2+2. The summed E-state index contributed by atoms with van der Waals surface area (Å²) in [7, 11) is 0. The summed E-state index contributed by atoms with van der Waals surface area (Å²) >= 11 is 5.96. The molecule has 6 heteroatoms. The maximum Gasteiger partial charge on any atom is 0.241 e. The van der Waals surface area contributed by atoms with Crippen molar-refractivity contribution in [3.8, 4) is 0 Å². The number of rotatable bonds is 5. The monoisotopic (exact) mass is 399 g/mol. The third-order valence-corrected chi connectivity index (χ3v) is 6.11. The van der Waals surface area contributed by atoms with Gasteiger partial charge in [0.1, 0.15) is 32.7 Å². The quantitative estimate of drug-likeness (QED) is 0.702. The van der Waals surface area contributed by atoms with Crippen LogP contribution < -0.4 is 9.80 Å². The lowest BCUT2D eigenvalue weighted by molar-refractivity contribution is -1.02. The number of amides is 2. The molecule has 2 amide bonds. The molecular weight excluding hydrogens is 374 g/mol. The second-order valence-corrected chi connectivity index (χ2v) is 8.23. The van der Waals surface area contributed by atoms with Crippen molar-refractivity contribution in [2.75, 3.05) is 32.8 Å². The van der Waals surface area contributed by atoms with Gasteiger partial charge < -0.3 is 9.80 Å². The number of quaternary nitrogens is 2. The van der Waals surface area contributed by atoms with Crippen molar-refractivity contribution in [1.29, 1.82) is 0 Å². The molecule has 28 heavy (non-hydrogen) atoms. The van der Waals surface area contributed by atoms with Crippen molar-refractivity contribution < 1.29 is 19.4 Å². The van der Waals surface area contributed by atoms with Crippen molar-refractivity contribution in [3.63, 3.8) is 0 Å². The zero-order chi connectivity index (χ0) is 19.5. The first-order chi connectivity index (χ1) is 13.6. The standard InChI is InChI=1S/C22H24ClN3O2/c23-19-8-6-17(7-9-19)15-24-10-12-25(13-11-24)16-26-21(27)14-20(22(26)28)18-4-2-1-3-5-18/h1-9,20H,10-16H2/p+2/t20-/m0/s1. The predicted octanol–water partition coefficient (Wildman–Crippen LogP) is 0.124. The zero-order valence-corrected chi connectivity index (χ0v) is 16.6. The number of halogens is 1. The Labute approximate surface area is 170 Å². The minimum absolute atomic E-state index is 0.0395. The van der Waals surface area contributed by atoms with Gasteiger partial charge in [-0.2, -0.15) is 0 Å². The maximum atomic E-state index is 12.8. The first-order valence-electron chi connectivity index (χ1n) is 9.91. The van der Waals surface area contributed by atoms with E-state index in [1.54, 1.807) is 0 Å². The fourth-order valence-electron chi connectivity index (χ4n) is 4.20. The molecule has 2 fully saturated rings. The van der Waals surface area contributed by atoms with Crippen LogP contribution in [0.1, 0.15) is 23.5 Å². The smallest absolute Gasteiger partial charge is 0.241 e. The van der Waals surface area contributed by atoms with Crippen LogP contribution in [0.3, 0.4) is 0 Å². The van der Waals surface area contributed by atoms with Gasteiger partial charge in [-0.05, 0) is 17.7 Å². The van der Waals surface area contributed by atoms with Gasteiger partial charge in [-0.15, -0.1) is 0 Å². The van der Waals surface area contributed by atoms with Crippen molar-refractivity contribution >= 4 is 23.4 Å². The van der Waals surface area contributed by atoms with Gasteiger partial charge in [0.05, 0.1) is 5.92 Å². The van der Waals surface area contributed by atoms with E-state index in [0.29, 0.717) is 13.1 Å². The number of likely N-dealkylation sites (tertiary alicyclic amines) is 1. The lowest BCUT2D eigenvalue weighted by Crippen LogP contribution is -3.28. The van der Waals surface area contributed by atoms with Gasteiger partial charge in [-0.3, -0.25) is 9.59 Å². The fourth-order valence-corrected chi connectivity index (χ4v) is 4.33. The Bertz CT molecular complexity index is 833. The topological polar surface area (TPSA) is 46.3 Å². The molecule has 0 aliphatic carbocycles. The molecule has 0 radical (unpaired) electrons. The van der Waals surface area contributed by atoms with E-state index < -0.39 is 0 Å². The second-order valence-electron chi connectivity index (χ2n) is 7.79. The third kappa shape index (κ3) is 4.27. The summed E-state index contributed by atoms with van der Waals surface area (Å²) in [6, 6.07) is 17.7. The molecule has 4 rings (SSSR count). The summed E-state index contributed by atoms with van der Waals surface area (Å²) in [4.78, 5) is 29.6. The number of carbonyl (C=O) groups excluding carboxylic acids is 2. The zero-order valence-electron chi connectivity index (χ0n) is 15.9. The number of nitrogens with zero attached hydrogens (tertiary/aromatic N) is 1. The average molecular weight is 400 g/mol. The van der Waals surface area contributed by atoms with Crippen molar-refractivity contribution in [2.45, 2.75) is 18.9 Å². The van der Waals surface area contributed by atoms with Gasteiger partial charge in [-0.1, -0.05) is 54.1 Å². The number of piperazine rings is 1. The predicted molar refractivity (Wildman–Crippen MR) is 107 cm³/mol. The summed E-state index contributed by atoms with van der Waals surface area (Å²) in [5.41, 5.74) is 2.23. The molecule has 2 aromatic rings. The van der Waals surface area contributed by atoms with Crippen molar-refractivity contribution in [1.82, 2.24) is 4.90 Å². The molecule has 0 bridgehead atoms. The number of carbonyl (C=O) groups is 2. The van der Waals surface area contributed by atoms with E-state index >= 15 is 0 Å². The lowest BCUT2D eigenvalue weighted by atomic mass is 9.98. The van der Waals surface area contributed by atoms with E-state index in [1.165, 1.54) is 20.3 Å². The van der Waals surface area contributed by atoms with Crippen LogP contribution in [0.4, 0.5) is 0 Å². The highest BCUT2D eigenvalue weighted by molar-refractivity contribution is 6.30. The fraction of sp³-hybridized carbons (Fsp3) is 0.364. The average Bonchev–Trinajstić information content (AvgIpc) is 3.00. The van der Waals surface area contributed by atoms with Crippen LogP contribution in [0, 0.1) is 0 Å². The lowest BCUT2D eigenvalue weighted by Gasteiger charge is -2.31. The van der Waals surface area contributed by atoms with Crippen LogP contribution in [0.25, 0.3) is 0 Å². The van der Waals surface area contributed by atoms with E-state index in [4.69, 9.17) is 11.6 Å². The number of benzene rings is 2. The molecule has 2 aliphatic heterocycles. The Morgan fingerprint density at radius 2 is 1.54 bits per heavy atom. The molecule has 0 saturated carbocycles. The molecule has 2 heterocycles. The van der Waals surface area contributed by atoms with Crippen LogP contribution in [0.15, 0.2) is 54.6 Å². The highest BCUT2D eigenvalue weighted by atomic mass is 35.5. The first-order valence-corrected chi connectivity index (χ1v) is 10.3. The summed E-state index contributed by atoms with van der Waals surface area (Å²) in [6.07, 6.45) is 0.296. The number of hydrogen-bond donors (Lipinski definition) is 2.